The average molecular weight is 485 g/mol. The number of benzene rings is 1. The van der Waals surface area contributed by atoms with E-state index in [1.165, 1.54) is 18.1 Å². The molecule has 32 heavy (non-hydrogen) atoms. The zero-order chi connectivity index (χ0) is 23.0. The molecule has 4 saturated carbocycles. The summed E-state index contributed by atoms with van der Waals surface area (Å²) in [7, 11) is -2.02. The lowest BCUT2D eigenvalue weighted by molar-refractivity contribution is -0.193. The van der Waals surface area contributed by atoms with Crippen LogP contribution in [0.5, 0.6) is 5.75 Å². The van der Waals surface area contributed by atoms with Crippen LogP contribution < -0.4 is 4.52 Å². The molecule has 4 aliphatic rings. The van der Waals surface area contributed by atoms with E-state index in [-0.39, 0.29) is 16.3 Å². The number of halogens is 1. The van der Waals surface area contributed by atoms with E-state index >= 15 is 0 Å². The molecule has 0 radical (unpaired) electrons. The van der Waals surface area contributed by atoms with Gasteiger partial charge in [0, 0.05) is 17.2 Å². The second kappa shape index (κ2) is 9.20. The van der Waals surface area contributed by atoms with Crippen LogP contribution in [0.2, 0.25) is 5.02 Å². The second-order valence-electron chi connectivity index (χ2n) is 8.61. The van der Waals surface area contributed by atoms with E-state index in [1.54, 1.807) is 19.2 Å². The van der Waals surface area contributed by atoms with Gasteiger partial charge in [-0.15, -0.1) is 4.67 Å². The third-order valence-corrected chi connectivity index (χ3v) is 7.76. The number of rotatable bonds is 8. The van der Waals surface area contributed by atoms with Crippen molar-refractivity contribution in [3.05, 3.63) is 39.9 Å². The number of hydrogen-bond acceptors (Lipinski definition) is 6. The number of hydrogen-bond donors (Lipinski definition) is 2. The van der Waals surface area contributed by atoms with Gasteiger partial charge in [0.25, 0.3) is 0 Å². The number of carboxylic acids is 1. The molecule has 4 aliphatic carbocycles. The molecular formula is C22H26ClO8P. The standard InChI is InChI=1S/C22H26ClO8P/c1-28-22(19-15-8-12-7-13(10-15)11-16(19)9-12)17-5-3-14(4-6-18(24)25)21(20(17)23)30-32(26,27)31-29-2/h3-6,12-13,15-16H,7-11H2,1-2H3,(H,24,25)(H,26,27)/b6-4+,22-19?. The Morgan fingerprint density at radius 3 is 2.28 bits per heavy atom. The minimum Gasteiger partial charge on any atom is -0.496 e. The SMILES string of the molecule is COOP(=O)(O)Oc1c(/C=C/C(=O)O)ccc(C(OC)=C2C3CC4CC(C3)CC2C4)c1Cl. The zero-order valence-corrected chi connectivity index (χ0v) is 19.5. The van der Waals surface area contributed by atoms with Crippen molar-refractivity contribution in [2.75, 3.05) is 14.2 Å². The topological polar surface area (TPSA) is 112 Å². The van der Waals surface area contributed by atoms with E-state index in [0.717, 1.165) is 50.7 Å². The van der Waals surface area contributed by atoms with Gasteiger partial charge in [0.05, 0.1) is 19.2 Å². The fourth-order valence-electron chi connectivity index (χ4n) is 5.80. The summed E-state index contributed by atoms with van der Waals surface area (Å²) in [6.45, 7) is 0. The van der Waals surface area contributed by atoms with Crippen LogP contribution in [-0.2, 0) is 23.7 Å². The highest BCUT2D eigenvalue weighted by atomic mass is 35.5. The lowest BCUT2D eigenvalue weighted by Gasteiger charge is -2.51. The molecule has 0 heterocycles. The molecule has 174 valence electrons. The first-order valence-corrected chi connectivity index (χ1v) is 12.4. The van der Waals surface area contributed by atoms with Gasteiger partial charge in [-0.25, -0.2) is 14.2 Å². The fourth-order valence-corrected chi connectivity index (χ4v) is 6.80. The molecule has 4 bridgehead atoms. The lowest BCUT2D eigenvalue weighted by atomic mass is 9.54. The fraction of sp³-hybridized carbons (Fsp3) is 0.500. The van der Waals surface area contributed by atoms with Gasteiger partial charge in [0.15, 0.2) is 5.75 Å². The highest BCUT2D eigenvalue weighted by Gasteiger charge is 2.47. The lowest BCUT2D eigenvalue weighted by Crippen LogP contribution is -2.40. The predicted octanol–water partition coefficient (Wildman–Crippen LogP) is 5.31. The molecule has 1 aromatic rings. The van der Waals surface area contributed by atoms with E-state index in [2.05, 4.69) is 9.56 Å². The Balaban J connectivity index is 1.81. The number of allylic oxidation sites excluding steroid dienone is 1. The van der Waals surface area contributed by atoms with Crippen LogP contribution in [0.15, 0.2) is 23.8 Å². The van der Waals surface area contributed by atoms with Crippen LogP contribution in [0.25, 0.3) is 11.8 Å². The zero-order valence-electron chi connectivity index (χ0n) is 17.8. The Hall–Kier alpha value is -1.83. The van der Waals surface area contributed by atoms with Crippen LogP contribution in [-0.4, -0.2) is 30.2 Å². The molecule has 1 atom stereocenters. The summed E-state index contributed by atoms with van der Waals surface area (Å²) < 4.78 is 27.6. The Morgan fingerprint density at radius 1 is 1.12 bits per heavy atom. The van der Waals surface area contributed by atoms with E-state index in [9.17, 15) is 14.3 Å². The molecule has 0 spiro atoms. The molecule has 0 saturated heterocycles. The summed E-state index contributed by atoms with van der Waals surface area (Å²) in [5, 5.41) is 9.01. The Kier molecular flexibility index (Phi) is 6.71. The van der Waals surface area contributed by atoms with Crippen molar-refractivity contribution in [1.29, 1.82) is 0 Å². The van der Waals surface area contributed by atoms with Crippen LogP contribution in [0.3, 0.4) is 0 Å². The van der Waals surface area contributed by atoms with Crippen LogP contribution in [0.4, 0.5) is 0 Å². The number of methoxy groups -OCH3 is 1. The van der Waals surface area contributed by atoms with Crippen molar-refractivity contribution in [2.24, 2.45) is 23.7 Å². The maximum Gasteiger partial charge on any atom is 0.555 e. The van der Waals surface area contributed by atoms with Gasteiger partial charge < -0.3 is 14.4 Å². The predicted molar refractivity (Wildman–Crippen MR) is 118 cm³/mol. The number of phosphoric acid groups is 1. The maximum atomic E-state index is 12.2. The summed E-state index contributed by atoms with van der Waals surface area (Å²) in [6, 6.07) is 3.28. The van der Waals surface area contributed by atoms with Crippen molar-refractivity contribution in [3.8, 4) is 5.75 Å². The molecule has 10 heteroatoms. The summed E-state index contributed by atoms with van der Waals surface area (Å²) in [5.41, 5.74) is 1.97. The number of phosphoric ester groups is 1. The summed E-state index contributed by atoms with van der Waals surface area (Å²) >= 11 is 6.67. The van der Waals surface area contributed by atoms with E-state index < -0.39 is 13.8 Å². The number of carbonyl (C=O) groups is 1. The first-order valence-electron chi connectivity index (χ1n) is 10.5. The van der Waals surface area contributed by atoms with Crippen molar-refractivity contribution >= 4 is 37.2 Å². The molecule has 1 aromatic carbocycles. The minimum absolute atomic E-state index is 0.0321. The molecular weight excluding hydrogens is 459 g/mol. The van der Waals surface area contributed by atoms with Gasteiger partial charge >= 0.3 is 13.8 Å². The molecule has 1 unspecified atom stereocenters. The van der Waals surface area contributed by atoms with Gasteiger partial charge in [-0.1, -0.05) is 17.7 Å². The Morgan fingerprint density at radius 2 is 1.75 bits per heavy atom. The smallest absolute Gasteiger partial charge is 0.496 e. The third-order valence-electron chi connectivity index (χ3n) is 6.64. The highest BCUT2D eigenvalue weighted by Crippen LogP contribution is 2.58. The molecule has 0 aromatic heterocycles. The molecule has 2 N–H and O–H groups in total. The van der Waals surface area contributed by atoms with E-state index in [4.69, 9.17) is 26.0 Å². The third kappa shape index (κ3) is 4.61. The molecule has 5 rings (SSSR count). The number of carboxylic acid groups (broad SMARTS) is 1. The summed E-state index contributed by atoms with van der Waals surface area (Å²) in [5.74, 6) is 1.69. The van der Waals surface area contributed by atoms with Gasteiger partial charge in [-0.2, -0.15) is 0 Å². The van der Waals surface area contributed by atoms with Gasteiger partial charge in [0.2, 0.25) is 0 Å². The molecule has 0 amide bonds. The van der Waals surface area contributed by atoms with Crippen molar-refractivity contribution < 1.29 is 38.2 Å². The monoisotopic (exact) mass is 484 g/mol. The van der Waals surface area contributed by atoms with E-state index in [0.29, 0.717) is 23.2 Å². The first kappa shape index (κ1) is 23.3. The van der Waals surface area contributed by atoms with Crippen LogP contribution in [0, 0.1) is 23.7 Å². The van der Waals surface area contributed by atoms with Crippen LogP contribution >= 0.6 is 19.4 Å². The first-order chi connectivity index (χ1) is 15.2. The average Bonchev–Trinajstić information content (AvgIpc) is 2.71. The van der Waals surface area contributed by atoms with Crippen molar-refractivity contribution in [2.45, 2.75) is 32.1 Å². The van der Waals surface area contributed by atoms with Crippen molar-refractivity contribution in [1.82, 2.24) is 0 Å². The van der Waals surface area contributed by atoms with E-state index in [1.807, 2.05) is 0 Å². The van der Waals surface area contributed by atoms with Gasteiger partial charge in [-0.3, -0.25) is 4.89 Å². The van der Waals surface area contributed by atoms with Crippen LogP contribution in [0.1, 0.15) is 43.2 Å². The second-order valence-corrected chi connectivity index (χ2v) is 10.3. The molecule has 0 aliphatic heterocycles. The van der Waals surface area contributed by atoms with Crippen molar-refractivity contribution in [3.63, 3.8) is 0 Å². The highest BCUT2D eigenvalue weighted by molar-refractivity contribution is 7.47. The minimum atomic E-state index is -4.67. The maximum absolute atomic E-state index is 12.2. The number of aliphatic carboxylic acids is 1. The van der Waals surface area contributed by atoms with Gasteiger partial charge in [-0.05, 0) is 73.5 Å². The molecule has 4 fully saturated rings. The largest absolute Gasteiger partial charge is 0.555 e. The quantitative estimate of drug-likeness (QED) is 0.168. The summed E-state index contributed by atoms with van der Waals surface area (Å²) in [6.07, 6.45) is 7.99. The Labute approximate surface area is 191 Å². The Bertz CT molecular complexity index is 987. The molecule has 8 nitrogen and oxygen atoms in total. The number of ether oxygens (including phenoxy) is 1. The normalized spacial score (nSPS) is 28.1. The summed E-state index contributed by atoms with van der Waals surface area (Å²) in [4.78, 5) is 25.2. The van der Waals surface area contributed by atoms with Gasteiger partial charge in [0.1, 0.15) is 5.76 Å².